The molecule has 0 atom stereocenters. The fourth-order valence-corrected chi connectivity index (χ4v) is 1.49. The minimum Gasteiger partial charge on any atom is -0.302 e. The Morgan fingerprint density at radius 1 is 1.25 bits per heavy atom. The number of nitrogens with zero attached hydrogens (tertiary/aromatic N) is 2. The van der Waals surface area contributed by atoms with E-state index in [4.69, 9.17) is 0 Å². The summed E-state index contributed by atoms with van der Waals surface area (Å²) in [5.74, 6) is -1.81. The van der Waals surface area contributed by atoms with Gasteiger partial charge in [0.1, 0.15) is 0 Å². The maximum Gasteiger partial charge on any atom is 0.328 e. The lowest BCUT2D eigenvalue weighted by atomic mass is 10.2. The van der Waals surface area contributed by atoms with Crippen molar-refractivity contribution in [1.82, 2.24) is 9.13 Å². The van der Waals surface area contributed by atoms with E-state index >= 15 is 0 Å². The van der Waals surface area contributed by atoms with Crippen LogP contribution in [-0.4, -0.2) is 9.13 Å². The normalized spacial score (nSPS) is 10.7. The summed E-state index contributed by atoms with van der Waals surface area (Å²) in [6, 6.07) is 3.92. The second-order valence-electron chi connectivity index (χ2n) is 3.53. The molecule has 3 nitrogen and oxygen atoms in total. The molecule has 0 aliphatic carbocycles. The number of imidazole rings is 1. The van der Waals surface area contributed by atoms with Gasteiger partial charge in [0.2, 0.25) is 0 Å². The fraction of sp³-hybridized carbons (Fsp3) is 0.182. The fourth-order valence-electron chi connectivity index (χ4n) is 1.49. The van der Waals surface area contributed by atoms with E-state index in [2.05, 4.69) is 0 Å². The molecule has 16 heavy (non-hydrogen) atoms. The highest BCUT2D eigenvalue weighted by Gasteiger charge is 2.09. The topological polar surface area (TPSA) is 26.9 Å². The zero-order valence-corrected chi connectivity index (χ0v) is 8.65. The van der Waals surface area contributed by atoms with Crippen LogP contribution in [0.2, 0.25) is 0 Å². The van der Waals surface area contributed by atoms with Crippen LogP contribution >= 0.6 is 0 Å². The average Bonchev–Trinajstić information content (AvgIpc) is 2.57. The molecule has 2 rings (SSSR count). The minimum absolute atomic E-state index is 0.0310. The first-order valence-electron chi connectivity index (χ1n) is 4.74. The Labute approximate surface area is 90.6 Å². The van der Waals surface area contributed by atoms with E-state index in [0.29, 0.717) is 0 Å². The Bertz CT molecular complexity index is 572. The highest BCUT2D eigenvalue weighted by atomic mass is 19.2. The molecule has 1 aromatic heterocycles. The molecule has 0 aliphatic heterocycles. The summed E-state index contributed by atoms with van der Waals surface area (Å²) < 4.78 is 28.9. The van der Waals surface area contributed by atoms with Crippen molar-refractivity contribution < 1.29 is 8.78 Å². The maximum atomic E-state index is 13.3. The first-order chi connectivity index (χ1) is 7.59. The molecular weight excluding hydrogens is 214 g/mol. The van der Waals surface area contributed by atoms with Crippen LogP contribution < -0.4 is 5.69 Å². The molecule has 84 valence electrons. The minimum atomic E-state index is -0.904. The second kappa shape index (κ2) is 3.92. The zero-order chi connectivity index (χ0) is 11.7. The van der Waals surface area contributed by atoms with Crippen LogP contribution in [-0.2, 0) is 13.6 Å². The van der Waals surface area contributed by atoms with E-state index in [1.165, 1.54) is 27.5 Å². The highest BCUT2D eigenvalue weighted by molar-refractivity contribution is 5.19. The lowest BCUT2D eigenvalue weighted by molar-refractivity contribution is 0.494. The van der Waals surface area contributed by atoms with Gasteiger partial charge in [0, 0.05) is 25.0 Å². The molecule has 0 radical (unpaired) electrons. The number of halogens is 2. The summed E-state index contributed by atoms with van der Waals surface area (Å²) >= 11 is 0. The Hall–Kier alpha value is -1.91. The van der Waals surface area contributed by atoms with Gasteiger partial charge in [-0.05, 0) is 6.07 Å². The molecule has 0 aliphatic rings. The summed E-state index contributed by atoms with van der Waals surface area (Å²) in [5.41, 5.74) is -0.100. The van der Waals surface area contributed by atoms with Crippen LogP contribution in [0.15, 0.2) is 35.4 Å². The molecule has 1 aromatic carbocycles. The Kier molecular flexibility index (Phi) is 2.60. The molecule has 0 spiro atoms. The van der Waals surface area contributed by atoms with Crippen molar-refractivity contribution in [2.75, 3.05) is 0 Å². The van der Waals surface area contributed by atoms with Gasteiger partial charge in [0.15, 0.2) is 11.6 Å². The number of hydrogen-bond acceptors (Lipinski definition) is 1. The molecule has 0 saturated carbocycles. The van der Waals surface area contributed by atoms with Gasteiger partial charge in [0.05, 0.1) is 6.54 Å². The third-order valence-corrected chi connectivity index (χ3v) is 2.39. The predicted molar refractivity (Wildman–Crippen MR) is 55.1 cm³/mol. The summed E-state index contributed by atoms with van der Waals surface area (Å²) in [7, 11) is 1.60. The zero-order valence-electron chi connectivity index (χ0n) is 8.65. The number of aryl methyl sites for hydroxylation is 1. The highest BCUT2D eigenvalue weighted by Crippen LogP contribution is 2.11. The first kappa shape index (κ1) is 10.6. The number of hydrogen-bond donors (Lipinski definition) is 0. The largest absolute Gasteiger partial charge is 0.328 e. The third kappa shape index (κ3) is 1.76. The Balaban J connectivity index is 2.38. The van der Waals surface area contributed by atoms with Crippen molar-refractivity contribution in [3.8, 4) is 0 Å². The number of benzene rings is 1. The van der Waals surface area contributed by atoms with Gasteiger partial charge in [-0.2, -0.15) is 0 Å². The third-order valence-electron chi connectivity index (χ3n) is 2.39. The van der Waals surface area contributed by atoms with Gasteiger partial charge in [-0.25, -0.2) is 13.6 Å². The maximum absolute atomic E-state index is 13.3. The predicted octanol–water partition coefficient (Wildman–Crippen LogP) is 1.51. The molecule has 0 fully saturated rings. The first-order valence-corrected chi connectivity index (χ1v) is 4.74. The smallest absolute Gasteiger partial charge is 0.302 e. The quantitative estimate of drug-likeness (QED) is 0.759. The second-order valence-corrected chi connectivity index (χ2v) is 3.53. The molecule has 0 unspecified atom stereocenters. The Morgan fingerprint density at radius 3 is 2.62 bits per heavy atom. The Morgan fingerprint density at radius 2 is 2.00 bits per heavy atom. The van der Waals surface area contributed by atoms with Crippen molar-refractivity contribution in [2.24, 2.45) is 7.05 Å². The van der Waals surface area contributed by atoms with Gasteiger partial charge >= 0.3 is 5.69 Å². The summed E-state index contributed by atoms with van der Waals surface area (Å²) in [4.78, 5) is 11.5. The van der Waals surface area contributed by atoms with Crippen LogP contribution in [0.5, 0.6) is 0 Å². The van der Waals surface area contributed by atoms with Crippen LogP contribution in [0.4, 0.5) is 8.78 Å². The van der Waals surface area contributed by atoms with E-state index in [1.807, 2.05) is 0 Å². The molecule has 0 bridgehead atoms. The molecule has 0 saturated heterocycles. The average molecular weight is 224 g/mol. The van der Waals surface area contributed by atoms with Crippen molar-refractivity contribution >= 4 is 0 Å². The lowest BCUT2D eigenvalue weighted by Crippen LogP contribution is -2.22. The van der Waals surface area contributed by atoms with Crippen LogP contribution in [0, 0.1) is 11.6 Å². The monoisotopic (exact) mass is 224 g/mol. The van der Waals surface area contributed by atoms with Crippen molar-refractivity contribution in [3.63, 3.8) is 0 Å². The SMILES string of the molecule is Cn1ccn(Cc2cccc(F)c2F)c1=O. The number of aromatic nitrogens is 2. The van der Waals surface area contributed by atoms with E-state index < -0.39 is 11.6 Å². The molecule has 0 amide bonds. The van der Waals surface area contributed by atoms with E-state index in [-0.39, 0.29) is 17.8 Å². The van der Waals surface area contributed by atoms with Gasteiger partial charge in [-0.15, -0.1) is 0 Å². The summed E-state index contributed by atoms with van der Waals surface area (Å²) in [6.07, 6.45) is 3.10. The van der Waals surface area contributed by atoms with E-state index in [9.17, 15) is 13.6 Å². The van der Waals surface area contributed by atoms with Gasteiger partial charge in [0.25, 0.3) is 0 Å². The molecule has 5 heteroatoms. The standard InChI is InChI=1S/C11H10F2N2O/c1-14-5-6-15(11(14)16)7-8-3-2-4-9(12)10(8)13/h2-6H,7H2,1H3. The lowest BCUT2D eigenvalue weighted by Gasteiger charge is -2.03. The molecule has 1 heterocycles. The van der Waals surface area contributed by atoms with Crippen molar-refractivity contribution in [2.45, 2.75) is 6.54 Å². The number of rotatable bonds is 2. The van der Waals surface area contributed by atoms with Gasteiger partial charge in [-0.1, -0.05) is 12.1 Å². The van der Waals surface area contributed by atoms with Crippen molar-refractivity contribution in [1.29, 1.82) is 0 Å². The van der Waals surface area contributed by atoms with Crippen LogP contribution in [0.25, 0.3) is 0 Å². The van der Waals surface area contributed by atoms with Crippen molar-refractivity contribution in [3.05, 3.63) is 58.3 Å². The van der Waals surface area contributed by atoms with E-state index in [0.717, 1.165) is 6.07 Å². The molecule has 2 aromatic rings. The van der Waals surface area contributed by atoms with Crippen LogP contribution in [0.1, 0.15) is 5.56 Å². The summed E-state index contributed by atoms with van der Waals surface area (Å²) in [5, 5.41) is 0. The summed E-state index contributed by atoms with van der Waals surface area (Å²) in [6.45, 7) is 0.0310. The van der Waals surface area contributed by atoms with Gasteiger partial charge in [-0.3, -0.25) is 4.57 Å². The van der Waals surface area contributed by atoms with Crippen LogP contribution in [0.3, 0.4) is 0 Å². The van der Waals surface area contributed by atoms with E-state index in [1.54, 1.807) is 13.2 Å². The van der Waals surface area contributed by atoms with Gasteiger partial charge < -0.3 is 4.57 Å². The molecular formula is C11H10F2N2O. The molecule has 0 N–H and O–H groups in total.